The number of amides is 1. The first kappa shape index (κ1) is 18.3. The summed E-state index contributed by atoms with van der Waals surface area (Å²) >= 11 is 1.43. The summed E-state index contributed by atoms with van der Waals surface area (Å²) in [7, 11) is 0. The molecular formula is C19H23N5OS. The molecule has 136 valence electrons. The normalized spacial score (nSPS) is 10.9. The van der Waals surface area contributed by atoms with Crippen LogP contribution in [0.4, 0.5) is 5.82 Å². The maximum Gasteiger partial charge on any atom is 0.264 e. The van der Waals surface area contributed by atoms with Crippen LogP contribution in [0.25, 0.3) is 10.2 Å². The molecule has 6 nitrogen and oxygen atoms in total. The van der Waals surface area contributed by atoms with Gasteiger partial charge in [0.25, 0.3) is 5.91 Å². The average Bonchev–Trinajstić information content (AvgIpc) is 2.98. The van der Waals surface area contributed by atoms with E-state index in [4.69, 9.17) is 0 Å². The van der Waals surface area contributed by atoms with Crippen molar-refractivity contribution in [2.24, 2.45) is 0 Å². The van der Waals surface area contributed by atoms with Gasteiger partial charge in [-0.15, -0.1) is 11.3 Å². The van der Waals surface area contributed by atoms with Gasteiger partial charge in [-0.05, 0) is 45.4 Å². The van der Waals surface area contributed by atoms with Crippen molar-refractivity contribution >= 4 is 33.3 Å². The van der Waals surface area contributed by atoms with Gasteiger partial charge < -0.3 is 10.2 Å². The van der Waals surface area contributed by atoms with Crippen molar-refractivity contribution in [2.45, 2.75) is 34.2 Å². The first-order valence-corrected chi connectivity index (χ1v) is 9.56. The van der Waals surface area contributed by atoms with Gasteiger partial charge in [-0.25, -0.2) is 9.97 Å². The second kappa shape index (κ2) is 7.78. The predicted molar refractivity (Wildman–Crippen MR) is 106 cm³/mol. The summed E-state index contributed by atoms with van der Waals surface area (Å²) in [6.45, 7) is 9.88. The molecule has 0 radical (unpaired) electrons. The molecule has 0 aromatic carbocycles. The maximum atomic E-state index is 12.8. The van der Waals surface area contributed by atoms with Gasteiger partial charge in [0.15, 0.2) is 0 Å². The smallest absolute Gasteiger partial charge is 0.264 e. The molecule has 26 heavy (non-hydrogen) atoms. The van der Waals surface area contributed by atoms with Crippen molar-refractivity contribution in [3.63, 3.8) is 0 Å². The van der Waals surface area contributed by atoms with E-state index in [1.807, 2.05) is 50.8 Å². The van der Waals surface area contributed by atoms with Crippen LogP contribution in [0.2, 0.25) is 0 Å². The molecule has 0 saturated heterocycles. The van der Waals surface area contributed by atoms with Crippen LogP contribution in [-0.4, -0.2) is 38.8 Å². The van der Waals surface area contributed by atoms with E-state index in [0.29, 0.717) is 19.6 Å². The van der Waals surface area contributed by atoms with Gasteiger partial charge in [0.1, 0.15) is 17.0 Å². The Kier molecular flexibility index (Phi) is 5.46. The van der Waals surface area contributed by atoms with E-state index in [0.717, 1.165) is 37.9 Å². The highest BCUT2D eigenvalue weighted by Gasteiger charge is 2.22. The molecule has 0 bridgehead atoms. The first-order valence-electron chi connectivity index (χ1n) is 8.74. The summed E-state index contributed by atoms with van der Waals surface area (Å²) in [5.41, 5.74) is 2.86. The number of hydrogen-bond acceptors (Lipinski definition) is 6. The van der Waals surface area contributed by atoms with Crippen molar-refractivity contribution in [3.05, 3.63) is 46.4 Å². The van der Waals surface area contributed by atoms with Crippen molar-refractivity contribution in [1.82, 2.24) is 19.9 Å². The maximum absolute atomic E-state index is 12.8. The number of aryl methyl sites for hydroxylation is 2. The van der Waals surface area contributed by atoms with Crippen LogP contribution in [0.3, 0.4) is 0 Å². The minimum Gasteiger partial charge on any atom is -0.364 e. The highest BCUT2D eigenvalue weighted by Crippen LogP contribution is 2.34. The number of rotatable bonds is 6. The van der Waals surface area contributed by atoms with Crippen LogP contribution >= 0.6 is 11.3 Å². The molecular weight excluding hydrogens is 346 g/mol. The van der Waals surface area contributed by atoms with Crippen LogP contribution in [0.5, 0.6) is 0 Å². The number of pyridine rings is 1. The molecule has 1 amide bonds. The molecule has 0 fully saturated rings. The van der Waals surface area contributed by atoms with Crippen LogP contribution in [0.1, 0.15) is 40.5 Å². The topological polar surface area (TPSA) is 71.0 Å². The summed E-state index contributed by atoms with van der Waals surface area (Å²) in [5.74, 6) is 0.799. The molecule has 0 unspecified atom stereocenters. The lowest BCUT2D eigenvalue weighted by atomic mass is 10.2. The van der Waals surface area contributed by atoms with Gasteiger partial charge in [0, 0.05) is 18.8 Å². The van der Waals surface area contributed by atoms with E-state index in [1.54, 1.807) is 0 Å². The molecule has 0 atom stereocenters. The predicted octanol–water partition coefficient (Wildman–Crippen LogP) is 3.80. The van der Waals surface area contributed by atoms with Gasteiger partial charge in [-0.3, -0.25) is 9.78 Å². The number of fused-ring (bicyclic) bond motifs is 1. The van der Waals surface area contributed by atoms with Crippen molar-refractivity contribution in [1.29, 1.82) is 0 Å². The zero-order valence-electron chi connectivity index (χ0n) is 15.5. The van der Waals surface area contributed by atoms with E-state index in [9.17, 15) is 4.79 Å². The molecule has 0 aliphatic heterocycles. The standard InChI is InChI=1S/C19H23N5OS/c1-5-24(6-2)19(25)16-13(4)15-17(21-11-22-18(15)26-16)20-10-14-9-7-8-12(3)23-14/h7-9,11H,5-6,10H2,1-4H3,(H,20,21,22). The zero-order chi connectivity index (χ0) is 18.7. The molecule has 3 aromatic heterocycles. The Bertz CT molecular complexity index is 933. The molecule has 3 aromatic rings. The second-order valence-corrected chi connectivity index (χ2v) is 7.06. The minimum atomic E-state index is 0.0572. The fraction of sp³-hybridized carbons (Fsp3) is 0.368. The van der Waals surface area contributed by atoms with Gasteiger partial charge in [0.2, 0.25) is 0 Å². The molecule has 0 aliphatic rings. The molecule has 0 spiro atoms. The van der Waals surface area contributed by atoms with Crippen LogP contribution in [-0.2, 0) is 6.54 Å². The van der Waals surface area contributed by atoms with Crippen LogP contribution in [0, 0.1) is 13.8 Å². The van der Waals surface area contributed by atoms with E-state index < -0.39 is 0 Å². The van der Waals surface area contributed by atoms with E-state index in [2.05, 4.69) is 20.3 Å². The third-order valence-corrected chi connectivity index (χ3v) is 5.54. The van der Waals surface area contributed by atoms with Crippen molar-refractivity contribution in [2.75, 3.05) is 18.4 Å². The lowest BCUT2D eigenvalue weighted by Gasteiger charge is -2.17. The fourth-order valence-electron chi connectivity index (χ4n) is 2.94. The lowest BCUT2D eigenvalue weighted by Crippen LogP contribution is -2.30. The van der Waals surface area contributed by atoms with Crippen molar-refractivity contribution < 1.29 is 4.79 Å². The quantitative estimate of drug-likeness (QED) is 0.716. The lowest BCUT2D eigenvalue weighted by molar-refractivity contribution is 0.0777. The van der Waals surface area contributed by atoms with Gasteiger partial charge in [0.05, 0.1) is 22.5 Å². The van der Waals surface area contributed by atoms with E-state index in [-0.39, 0.29) is 5.91 Å². The summed E-state index contributed by atoms with van der Waals surface area (Å²) in [6, 6.07) is 5.94. The van der Waals surface area contributed by atoms with E-state index in [1.165, 1.54) is 17.7 Å². The average molecular weight is 369 g/mol. The van der Waals surface area contributed by atoms with Crippen molar-refractivity contribution in [3.8, 4) is 0 Å². The molecule has 1 N–H and O–H groups in total. The number of nitrogens with one attached hydrogen (secondary N) is 1. The Morgan fingerprint density at radius 2 is 1.96 bits per heavy atom. The molecule has 0 saturated carbocycles. The summed E-state index contributed by atoms with van der Waals surface area (Å²) in [4.78, 5) is 29.4. The number of carbonyl (C=O) groups excluding carboxylic acids is 1. The van der Waals surface area contributed by atoms with Gasteiger partial charge in [-0.1, -0.05) is 6.07 Å². The summed E-state index contributed by atoms with van der Waals surface area (Å²) < 4.78 is 0. The van der Waals surface area contributed by atoms with Crippen LogP contribution < -0.4 is 5.32 Å². The Labute approximate surface area is 157 Å². The van der Waals surface area contributed by atoms with Gasteiger partial charge in [-0.2, -0.15) is 0 Å². The Morgan fingerprint density at radius 1 is 1.19 bits per heavy atom. The first-order chi connectivity index (χ1) is 12.5. The summed E-state index contributed by atoms with van der Waals surface area (Å²) in [5, 5.41) is 4.27. The Balaban J connectivity index is 1.93. The molecule has 3 rings (SSSR count). The third kappa shape index (κ3) is 3.53. The number of nitrogens with zero attached hydrogens (tertiary/aromatic N) is 4. The summed E-state index contributed by atoms with van der Waals surface area (Å²) in [6.07, 6.45) is 1.54. The zero-order valence-corrected chi connectivity index (χ0v) is 16.4. The SMILES string of the molecule is CCN(CC)C(=O)c1sc2ncnc(NCc3cccc(C)n3)c2c1C. The Morgan fingerprint density at radius 3 is 2.65 bits per heavy atom. The number of thiophene rings is 1. The third-order valence-electron chi connectivity index (χ3n) is 4.35. The highest BCUT2D eigenvalue weighted by atomic mass is 32.1. The molecule has 0 aliphatic carbocycles. The number of anilines is 1. The monoisotopic (exact) mass is 369 g/mol. The fourth-order valence-corrected chi connectivity index (χ4v) is 4.05. The Hall–Kier alpha value is -2.54. The van der Waals surface area contributed by atoms with Crippen LogP contribution in [0.15, 0.2) is 24.5 Å². The minimum absolute atomic E-state index is 0.0572. The van der Waals surface area contributed by atoms with E-state index >= 15 is 0 Å². The number of aromatic nitrogens is 3. The second-order valence-electron chi connectivity index (χ2n) is 6.06. The number of carbonyl (C=O) groups is 1. The van der Waals surface area contributed by atoms with Gasteiger partial charge >= 0.3 is 0 Å². The molecule has 7 heteroatoms. The largest absolute Gasteiger partial charge is 0.364 e. The highest BCUT2D eigenvalue weighted by molar-refractivity contribution is 7.20. The molecule has 3 heterocycles. The number of hydrogen-bond donors (Lipinski definition) is 1.